The Morgan fingerprint density at radius 1 is 1.19 bits per heavy atom. The molecule has 2 nitrogen and oxygen atoms in total. The van der Waals surface area contributed by atoms with Crippen LogP contribution in [0.2, 0.25) is 0 Å². The number of halogens is 2. The van der Waals surface area contributed by atoms with Crippen LogP contribution in [0.25, 0.3) is 0 Å². The largest absolute Gasteiger partial charge is 0.393 e. The van der Waals surface area contributed by atoms with E-state index in [1.54, 1.807) is 12.1 Å². The van der Waals surface area contributed by atoms with E-state index in [2.05, 4.69) is 20.8 Å². The SMILES string of the molecule is NC(=S)CCN(Cc1ccc(F)c(Br)c1)c1ccccc1. The number of anilines is 1. The molecule has 0 fully saturated rings. The summed E-state index contributed by atoms with van der Waals surface area (Å²) < 4.78 is 13.8. The molecule has 5 heteroatoms. The summed E-state index contributed by atoms with van der Waals surface area (Å²) in [7, 11) is 0. The van der Waals surface area contributed by atoms with Gasteiger partial charge in [-0.15, -0.1) is 0 Å². The van der Waals surface area contributed by atoms with Gasteiger partial charge in [0.05, 0.1) is 9.46 Å². The van der Waals surface area contributed by atoms with Gasteiger partial charge in [0, 0.05) is 25.2 Å². The van der Waals surface area contributed by atoms with E-state index >= 15 is 0 Å². The highest BCUT2D eigenvalue weighted by molar-refractivity contribution is 9.10. The number of para-hydroxylation sites is 1. The second-order valence-electron chi connectivity index (χ2n) is 4.72. The van der Waals surface area contributed by atoms with Crippen molar-refractivity contribution in [2.75, 3.05) is 11.4 Å². The standard InChI is InChI=1S/C16H16BrFN2S/c17-14-10-12(6-7-15(14)18)11-20(9-8-16(19)21)13-4-2-1-3-5-13/h1-7,10H,8-9,11H2,(H2,19,21). The van der Waals surface area contributed by atoms with E-state index in [0.717, 1.165) is 17.8 Å². The number of rotatable bonds is 6. The molecule has 0 saturated heterocycles. The molecule has 0 aromatic heterocycles. The maximum absolute atomic E-state index is 13.3. The average Bonchev–Trinajstić information content (AvgIpc) is 2.48. The molecule has 2 aromatic rings. The summed E-state index contributed by atoms with van der Waals surface area (Å²) in [5, 5.41) is 0. The summed E-state index contributed by atoms with van der Waals surface area (Å²) in [6.45, 7) is 1.40. The topological polar surface area (TPSA) is 29.3 Å². The monoisotopic (exact) mass is 366 g/mol. The highest BCUT2D eigenvalue weighted by atomic mass is 79.9. The average molecular weight is 367 g/mol. The Morgan fingerprint density at radius 3 is 2.52 bits per heavy atom. The molecule has 0 aliphatic carbocycles. The summed E-state index contributed by atoms with van der Waals surface area (Å²) in [4.78, 5) is 2.68. The van der Waals surface area contributed by atoms with Crippen LogP contribution >= 0.6 is 28.1 Å². The van der Waals surface area contributed by atoms with Crippen molar-refractivity contribution in [3.8, 4) is 0 Å². The normalized spacial score (nSPS) is 10.4. The van der Waals surface area contributed by atoms with Crippen LogP contribution in [0.1, 0.15) is 12.0 Å². The van der Waals surface area contributed by atoms with E-state index in [1.807, 2.05) is 30.3 Å². The lowest BCUT2D eigenvalue weighted by Gasteiger charge is -2.25. The number of hydrogen-bond donors (Lipinski definition) is 1. The maximum Gasteiger partial charge on any atom is 0.137 e. The summed E-state index contributed by atoms with van der Waals surface area (Å²) in [6, 6.07) is 15.1. The first kappa shape index (κ1) is 15.9. The van der Waals surface area contributed by atoms with Gasteiger partial charge in [0.15, 0.2) is 0 Å². The molecular weight excluding hydrogens is 351 g/mol. The third-order valence-corrected chi connectivity index (χ3v) is 3.92. The lowest BCUT2D eigenvalue weighted by Crippen LogP contribution is -2.27. The van der Waals surface area contributed by atoms with Crippen molar-refractivity contribution >= 4 is 38.8 Å². The highest BCUT2D eigenvalue weighted by Crippen LogP contribution is 2.21. The van der Waals surface area contributed by atoms with Crippen molar-refractivity contribution in [2.45, 2.75) is 13.0 Å². The number of thiocarbonyl (C=S) groups is 1. The zero-order chi connectivity index (χ0) is 15.2. The summed E-state index contributed by atoms with van der Waals surface area (Å²) in [5.74, 6) is -0.256. The molecular formula is C16H16BrFN2S. The molecule has 2 N–H and O–H groups in total. The van der Waals surface area contributed by atoms with E-state index in [0.29, 0.717) is 22.4 Å². The van der Waals surface area contributed by atoms with Crippen LogP contribution in [0.3, 0.4) is 0 Å². The lowest BCUT2D eigenvalue weighted by molar-refractivity contribution is 0.620. The van der Waals surface area contributed by atoms with Gasteiger partial charge in [-0.25, -0.2) is 4.39 Å². The number of nitrogens with zero attached hydrogens (tertiary/aromatic N) is 1. The Morgan fingerprint density at radius 2 is 1.90 bits per heavy atom. The zero-order valence-corrected chi connectivity index (χ0v) is 13.8. The first-order valence-electron chi connectivity index (χ1n) is 6.58. The Hall–Kier alpha value is -1.46. The molecule has 0 spiro atoms. The van der Waals surface area contributed by atoms with Gasteiger partial charge in [0.1, 0.15) is 5.82 Å². The van der Waals surface area contributed by atoms with Crippen LogP contribution in [0, 0.1) is 5.82 Å². The quantitative estimate of drug-likeness (QED) is 0.774. The molecule has 110 valence electrons. The van der Waals surface area contributed by atoms with E-state index in [-0.39, 0.29) is 5.82 Å². The summed E-state index contributed by atoms with van der Waals surface area (Å²) in [5.41, 5.74) is 7.72. The van der Waals surface area contributed by atoms with Gasteiger partial charge >= 0.3 is 0 Å². The van der Waals surface area contributed by atoms with Gasteiger partial charge in [-0.2, -0.15) is 0 Å². The molecule has 0 amide bonds. The highest BCUT2D eigenvalue weighted by Gasteiger charge is 2.09. The van der Waals surface area contributed by atoms with Crippen LogP contribution < -0.4 is 10.6 Å². The van der Waals surface area contributed by atoms with Gasteiger partial charge in [0.25, 0.3) is 0 Å². The number of hydrogen-bond acceptors (Lipinski definition) is 2. The maximum atomic E-state index is 13.3. The molecule has 0 unspecified atom stereocenters. The summed E-state index contributed by atoms with van der Waals surface area (Å²) in [6.07, 6.45) is 0.645. The molecule has 0 aliphatic rings. The Balaban J connectivity index is 2.18. The molecule has 2 aromatic carbocycles. The number of benzene rings is 2. The van der Waals surface area contributed by atoms with E-state index in [9.17, 15) is 4.39 Å². The van der Waals surface area contributed by atoms with Crippen LogP contribution in [-0.2, 0) is 6.54 Å². The molecule has 0 aliphatic heterocycles. The van der Waals surface area contributed by atoms with Gasteiger partial charge in [-0.3, -0.25) is 0 Å². The van der Waals surface area contributed by atoms with E-state index in [4.69, 9.17) is 18.0 Å². The second kappa shape index (κ2) is 7.52. The zero-order valence-electron chi connectivity index (χ0n) is 11.4. The Kier molecular flexibility index (Phi) is 5.70. The predicted octanol–water partition coefficient (Wildman–Crippen LogP) is 4.27. The minimum Gasteiger partial charge on any atom is -0.393 e. The molecule has 0 radical (unpaired) electrons. The third-order valence-electron chi connectivity index (χ3n) is 3.11. The third kappa shape index (κ3) is 4.79. The van der Waals surface area contributed by atoms with E-state index < -0.39 is 0 Å². The van der Waals surface area contributed by atoms with Crippen molar-refractivity contribution < 1.29 is 4.39 Å². The van der Waals surface area contributed by atoms with E-state index in [1.165, 1.54) is 6.07 Å². The Labute approximate surface area is 137 Å². The van der Waals surface area contributed by atoms with Crippen molar-refractivity contribution in [2.24, 2.45) is 5.73 Å². The first-order chi connectivity index (χ1) is 10.1. The molecule has 2 rings (SSSR count). The lowest BCUT2D eigenvalue weighted by atomic mass is 10.2. The molecule has 0 bridgehead atoms. The molecule has 21 heavy (non-hydrogen) atoms. The predicted molar refractivity (Wildman–Crippen MR) is 93.0 cm³/mol. The van der Waals surface area contributed by atoms with Crippen LogP contribution in [0.15, 0.2) is 53.0 Å². The minimum absolute atomic E-state index is 0.256. The fourth-order valence-corrected chi connectivity index (χ4v) is 2.56. The van der Waals surface area contributed by atoms with Gasteiger partial charge in [-0.05, 0) is 45.8 Å². The van der Waals surface area contributed by atoms with Gasteiger partial charge < -0.3 is 10.6 Å². The van der Waals surface area contributed by atoms with Crippen molar-refractivity contribution in [3.05, 3.63) is 64.4 Å². The molecule has 0 saturated carbocycles. The van der Waals surface area contributed by atoms with Crippen molar-refractivity contribution in [3.63, 3.8) is 0 Å². The minimum atomic E-state index is -0.256. The van der Waals surface area contributed by atoms with Crippen LogP contribution in [0.4, 0.5) is 10.1 Å². The first-order valence-corrected chi connectivity index (χ1v) is 7.78. The van der Waals surface area contributed by atoms with Crippen LogP contribution in [-0.4, -0.2) is 11.5 Å². The van der Waals surface area contributed by atoms with Gasteiger partial charge in [0.2, 0.25) is 0 Å². The Bertz CT molecular complexity index is 619. The molecule has 0 heterocycles. The number of nitrogens with two attached hydrogens (primary N) is 1. The fraction of sp³-hybridized carbons (Fsp3) is 0.188. The summed E-state index contributed by atoms with van der Waals surface area (Å²) >= 11 is 8.18. The second-order valence-corrected chi connectivity index (χ2v) is 6.10. The van der Waals surface area contributed by atoms with Crippen molar-refractivity contribution in [1.29, 1.82) is 0 Å². The molecule has 0 atom stereocenters. The van der Waals surface area contributed by atoms with Crippen molar-refractivity contribution in [1.82, 2.24) is 0 Å². The van der Waals surface area contributed by atoms with Crippen LogP contribution in [0.5, 0.6) is 0 Å². The van der Waals surface area contributed by atoms with Gasteiger partial charge in [-0.1, -0.05) is 36.5 Å². The fourth-order valence-electron chi connectivity index (χ4n) is 2.04. The smallest absolute Gasteiger partial charge is 0.137 e.